The number of likely N-dealkylation sites (N-methyl/N-ethyl adjacent to an activating group) is 1. The molecule has 1 aliphatic rings. The van der Waals surface area contributed by atoms with Crippen LogP contribution >= 0.6 is 0 Å². The Morgan fingerprint density at radius 3 is 2.56 bits per heavy atom. The molecule has 0 spiro atoms. The number of hydrogen-bond acceptors (Lipinski definition) is 2. The van der Waals surface area contributed by atoms with Crippen molar-refractivity contribution in [3.63, 3.8) is 0 Å². The van der Waals surface area contributed by atoms with Crippen LogP contribution in [0.15, 0.2) is 24.3 Å². The van der Waals surface area contributed by atoms with Crippen molar-refractivity contribution in [2.45, 2.75) is 31.2 Å². The van der Waals surface area contributed by atoms with Gasteiger partial charge in [-0.25, -0.2) is 0 Å². The molecule has 0 amide bonds. The molecule has 0 radical (unpaired) electrons. The second kappa shape index (κ2) is 4.98. The monoisotopic (exact) mass is 218 g/mol. The Kier molecular flexibility index (Phi) is 3.62. The van der Waals surface area contributed by atoms with Crippen LogP contribution in [0.1, 0.15) is 42.3 Å². The number of benzene rings is 1. The van der Waals surface area contributed by atoms with E-state index in [1.807, 2.05) is 0 Å². The topological polar surface area (TPSA) is 29.3 Å². The van der Waals surface area contributed by atoms with Crippen LogP contribution in [0.25, 0.3) is 0 Å². The second-order valence-corrected chi connectivity index (χ2v) is 5.13. The van der Waals surface area contributed by atoms with Crippen molar-refractivity contribution in [2.24, 2.45) is 5.73 Å². The molecule has 2 N–H and O–H groups in total. The molecule has 2 nitrogen and oxygen atoms in total. The van der Waals surface area contributed by atoms with Crippen molar-refractivity contribution < 1.29 is 0 Å². The van der Waals surface area contributed by atoms with Gasteiger partial charge < -0.3 is 10.6 Å². The lowest BCUT2D eigenvalue weighted by Crippen LogP contribution is -2.27. The third-order valence-corrected chi connectivity index (χ3v) is 3.50. The number of nitrogens with zero attached hydrogens (tertiary/aromatic N) is 1. The van der Waals surface area contributed by atoms with E-state index in [9.17, 15) is 0 Å². The van der Waals surface area contributed by atoms with Gasteiger partial charge in [-0.3, -0.25) is 0 Å². The summed E-state index contributed by atoms with van der Waals surface area (Å²) in [5, 5.41) is 0. The van der Waals surface area contributed by atoms with Crippen molar-refractivity contribution >= 4 is 0 Å². The van der Waals surface area contributed by atoms with E-state index in [4.69, 9.17) is 5.73 Å². The first-order valence-electron chi connectivity index (χ1n) is 6.17. The van der Waals surface area contributed by atoms with Crippen LogP contribution < -0.4 is 5.73 Å². The number of rotatable bonds is 4. The molecule has 2 rings (SSSR count). The summed E-state index contributed by atoms with van der Waals surface area (Å²) in [6.07, 6.45) is 4.05. The summed E-state index contributed by atoms with van der Waals surface area (Å²) in [6, 6.07) is 8.84. The molecule has 1 aromatic rings. The normalized spacial score (nSPS) is 18.5. The Hall–Kier alpha value is -0.860. The average Bonchev–Trinajstić information content (AvgIpc) is 2.14. The van der Waals surface area contributed by atoms with Gasteiger partial charge in [-0.1, -0.05) is 30.7 Å². The Morgan fingerprint density at radius 1 is 1.31 bits per heavy atom. The molecule has 1 aliphatic carbocycles. The lowest BCUT2D eigenvalue weighted by Gasteiger charge is -2.30. The molecule has 0 aromatic heterocycles. The molecule has 0 heterocycles. The maximum Gasteiger partial charge on any atom is 0.0426 e. The largest absolute Gasteiger partial charge is 0.323 e. The van der Waals surface area contributed by atoms with Gasteiger partial charge in [0, 0.05) is 12.6 Å². The molecule has 2 heteroatoms. The van der Waals surface area contributed by atoms with Gasteiger partial charge in [0.25, 0.3) is 0 Å². The van der Waals surface area contributed by atoms with Gasteiger partial charge in [-0.2, -0.15) is 0 Å². The van der Waals surface area contributed by atoms with Gasteiger partial charge in [0.1, 0.15) is 0 Å². The minimum Gasteiger partial charge on any atom is -0.323 e. The van der Waals surface area contributed by atoms with Crippen LogP contribution in [-0.2, 0) is 0 Å². The SMILES string of the molecule is CN(C)CC(N)c1ccccc1C1CCC1. The number of hydrogen-bond donors (Lipinski definition) is 1. The van der Waals surface area contributed by atoms with Crippen molar-refractivity contribution in [3.8, 4) is 0 Å². The summed E-state index contributed by atoms with van der Waals surface area (Å²) in [5.74, 6) is 0.768. The fourth-order valence-corrected chi connectivity index (χ4v) is 2.43. The van der Waals surface area contributed by atoms with Crippen LogP contribution in [0.5, 0.6) is 0 Å². The molecule has 1 aromatic carbocycles. The smallest absolute Gasteiger partial charge is 0.0426 e. The first kappa shape index (κ1) is 11.6. The second-order valence-electron chi connectivity index (χ2n) is 5.13. The summed E-state index contributed by atoms with van der Waals surface area (Å²) in [5.41, 5.74) is 9.11. The Bertz CT molecular complexity index is 342. The highest BCUT2D eigenvalue weighted by molar-refractivity contribution is 5.34. The van der Waals surface area contributed by atoms with Crippen molar-refractivity contribution in [1.82, 2.24) is 4.90 Å². The van der Waals surface area contributed by atoms with Crippen molar-refractivity contribution in [1.29, 1.82) is 0 Å². The Morgan fingerprint density at radius 2 is 2.00 bits per heavy atom. The summed E-state index contributed by atoms with van der Waals surface area (Å²) < 4.78 is 0. The van der Waals surface area contributed by atoms with Gasteiger partial charge in [-0.15, -0.1) is 0 Å². The lowest BCUT2D eigenvalue weighted by molar-refractivity contribution is 0.369. The minimum absolute atomic E-state index is 0.145. The molecular weight excluding hydrogens is 196 g/mol. The van der Waals surface area contributed by atoms with E-state index >= 15 is 0 Å². The maximum atomic E-state index is 6.27. The molecule has 0 aliphatic heterocycles. The van der Waals surface area contributed by atoms with Gasteiger partial charge in [0.2, 0.25) is 0 Å². The van der Waals surface area contributed by atoms with Crippen LogP contribution in [0.3, 0.4) is 0 Å². The van der Waals surface area contributed by atoms with Gasteiger partial charge >= 0.3 is 0 Å². The zero-order valence-corrected chi connectivity index (χ0v) is 10.3. The van der Waals surface area contributed by atoms with E-state index in [2.05, 4.69) is 43.3 Å². The minimum atomic E-state index is 0.145. The first-order valence-corrected chi connectivity index (χ1v) is 6.17. The van der Waals surface area contributed by atoms with Crippen LogP contribution in [0.4, 0.5) is 0 Å². The van der Waals surface area contributed by atoms with E-state index in [1.54, 1.807) is 0 Å². The van der Waals surface area contributed by atoms with Crippen LogP contribution in [0, 0.1) is 0 Å². The Labute approximate surface area is 98.4 Å². The summed E-state index contributed by atoms with van der Waals surface area (Å²) in [6.45, 7) is 0.920. The molecule has 1 unspecified atom stereocenters. The molecule has 88 valence electrons. The highest BCUT2D eigenvalue weighted by Crippen LogP contribution is 2.39. The van der Waals surface area contributed by atoms with E-state index in [-0.39, 0.29) is 6.04 Å². The van der Waals surface area contributed by atoms with Crippen LogP contribution in [-0.4, -0.2) is 25.5 Å². The van der Waals surface area contributed by atoms with Crippen LogP contribution in [0.2, 0.25) is 0 Å². The zero-order valence-electron chi connectivity index (χ0n) is 10.3. The average molecular weight is 218 g/mol. The quantitative estimate of drug-likeness (QED) is 0.841. The lowest BCUT2D eigenvalue weighted by atomic mass is 9.77. The standard InChI is InChI=1S/C14H22N2/c1-16(2)10-14(15)13-9-4-3-8-12(13)11-6-5-7-11/h3-4,8-9,11,14H,5-7,10,15H2,1-2H3. The molecule has 0 saturated heterocycles. The maximum absolute atomic E-state index is 6.27. The molecular formula is C14H22N2. The third kappa shape index (κ3) is 2.45. The summed E-state index contributed by atoms with van der Waals surface area (Å²) >= 11 is 0. The fourth-order valence-electron chi connectivity index (χ4n) is 2.43. The van der Waals surface area contributed by atoms with Crippen molar-refractivity contribution in [2.75, 3.05) is 20.6 Å². The zero-order chi connectivity index (χ0) is 11.5. The molecule has 1 atom stereocenters. The van der Waals surface area contributed by atoms with Crippen molar-refractivity contribution in [3.05, 3.63) is 35.4 Å². The van der Waals surface area contributed by atoms with Gasteiger partial charge in [0.05, 0.1) is 0 Å². The Balaban J connectivity index is 2.18. The summed E-state index contributed by atoms with van der Waals surface area (Å²) in [4.78, 5) is 2.15. The third-order valence-electron chi connectivity index (χ3n) is 3.50. The van der Waals surface area contributed by atoms with Gasteiger partial charge in [-0.05, 0) is 44.0 Å². The molecule has 1 fully saturated rings. The summed E-state index contributed by atoms with van der Waals surface area (Å²) in [7, 11) is 4.15. The molecule has 16 heavy (non-hydrogen) atoms. The number of nitrogens with two attached hydrogens (primary N) is 1. The fraction of sp³-hybridized carbons (Fsp3) is 0.571. The van der Waals surface area contributed by atoms with E-state index in [1.165, 1.54) is 30.4 Å². The predicted molar refractivity (Wildman–Crippen MR) is 68.5 cm³/mol. The molecule has 1 saturated carbocycles. The highest BCUT2D eigenvalue weighted by atomic mass is 15.1. The van der Waals surface area contributed by atoms with E-state index < -0.39 is 0 Å². The van der Waals surface area contributed by atoms with E-state index in [0.29, 0.717) is 0 Å². The van der Waals surface area contributed by atoms with E-state index in [0.717, 1.165) is 12.5 Å². The first-order chi connectivity index (χ1) is 7.68. The highest BCUT2D eigenvalue weighted by Gasteiger charge is 2.23. The van der Waals surface area contributed by atoms with Gasteiger partial charge in [0.15, 0.2) is 0 Å². The molecule has 0 bridgehead atoms. The predicted octanol–water partition coefficient (Wildman–Crippen LogP) is 2.52.